The molecular formula is C15H15NO3. The lowest BCUT2D eigenvalue weighted by atomic mass is 10.2. The average Bonchev–Trinajstić information content (AvgIpc) is 2.43. The van der Waals surface area contributed by atoms with Crippen LogP contribution in [0.1, 0.15) is 11.1 Å². The predicted molar refractivity (Wildman–Crippen MR) is 74.1 cm³/mol. The summed E-state index contributed by atoms with van der Waals surface area (Å²) in [5.74, 6) is 0.687. The van der Waals surface area contributed by atoms with Crippen molar-refractivity contribution in [3.05, 3.63) is 53.6 Å². The molecule has 0 fully saturated rings. The fraction of sp³-hybridized carbons (Fsp3) is 0.133. The number of hydrogen-bond acceptors (Lipinski definition) is 4. The van der Waals surface area contributed by atoms with Crippen molar-refractivity contribution in [1.29, 1.82) is 0 Å². The van der Waals surface area contributed by atoms with Gasteiger partial charge in [0, 0.05) is 17.3 Å². The molecule has 0 radical (unpaired) electrons. The maximum atomic E-state index is 9.87. The molecule has 4 nitrogen and oxygen atoms in total. The van der Waals surface area contributed by atoms with Gasteiger partial charge in [0.25, 0.3) is 0 Å². The Morgan fingerprint density at radius 2 is 1.89 bits per heavy atom. The van der Waals surface area contributed by atoms with Gasteiger partial charge in [0.2, 0.25) is 0 Å². The fourth-order valence-corrected chi connectivity index (χ4v) is 1.70. The van der Waals surface area contributed by atoms with E-state index in [0.717, 1.165) is 5.56 Å². The molecule has 2 aromatic carbocycles. The quantitative estimate of drug-likeness (QED) is 0.828. The average molecular weight is 257 g/mol. The van der Waals surface area contributed by atoms with Crippen LogP contribution in [0.15, 0.2) is 47.5 Å². The van der Waals surface area contributed by atoms with E-state index in [1.54, 1.807) is 42.6 Å². The molecule has 98 valence electrons. The summed E-state index contributed by atoms with van der Waals surface area (Å²) < 4.78 is 5.02. The van der Waals surface area contributed by atoms with Crippen LogP contribution in [-0.4, -0.2) is 23.5 Å². The molecule has 0 spiro atoms. The van der Waals surface area contributed by atoms with E-state index in [9.17, 15) is 10.2 Å². The molecule has 0 aliphatic heterocycles. The first-order chi connectivity index (χ1) is 9.22. The van der Waals surface area contributed by atoms with E-state index in [0.29, 0.717) is 17.9 Å². The third kappa shape index (κ3) is 3.04. The molecular weight excluding hydrogens is 242 g/mol. The van der Waals surface area contributed by atoms with Crippen LogP contribution < -0.4 is 4.74 Å². The Morgan fingerprint density at radius 1 is 1.11 bits per heavy atom. The molecule has 19 heavy (non-hydrogen) atoms. The number of rotatable bonds is 4. The summed E-state index contributed by atoms with van der Waals surface area (Å²) in [5.41, 5.74) is 1.32. The van der Waals surface area contributed by atoms with Gasteiger partial charge in [0.1, 0.15) is 5.75 Å². The van der Waals surface area contributed by atoms with Crippen molar-refractivity contribution in [2.24, 2.45) is 4.99 Å². The van der Waals surface area contributed by atoms with Gasteiger partial charge in [-0.05, 0) is 18.2 Å². The molecule has 0 aliphatic carbocycles. The van der Waals surface area contributed by atoms with E-state index >= 15 is 0 Å². The molecule has 2 rings (SSSR count). The van der Waals surface area contributed by atoms with Gasteiger partial charge in [-0.15, -0.1) is 0 Å². The highest BCUT2D eigenvalue weighted by atomic mass is 16.5. The highest BCUT2D eigenvalue weighted by molar-refractivity contribution is 5.84. The Hall–Kier alpha value is -2.49. The Balaban J connectivity index is 2.14. The Kier molecular flexibility index (Phi) is 4.03. The fourth-order valence-electron chi connectivity index (χ4n) is 1.70. The second-order valence-electron chi connectivity index (χ2n) is 4.00. The molecule has 0 aromatic heterocycles. The second kappa shape index (κ2) is 5.91. The molecule has 2 N–H and O–H groups in total. The van der Waals surface area contributed by atoms with Gasteiger partial charge in [-0.3, -0.25) is 4.99 Å². The zero-order valence-corrected chi connectivity index (χ0v) is 10.6. The number of benzene rings is 2. The molecule has 0 heterocycles. The summed E-state index contributed by atoms with van der Waals surface area (Å²) in [6.07, 6.45) is 1.56. The van der Waals surface area contributed by atoms with Crippen LogP contribution in [-0.2, 0) is 6.54 Å². The molecule has 0 amide bonds. The normalized spacial score (nSPS) is 10.8. The lowest BCUT2D eigenvalue weighted by Gasteiger charge is -2.05. The Labute approximate surface area is 111 Å². The SMILES string of the molecule is COc1cccc(C=NCc2ccccc2O)c1O. The molecule has 0 bridgehead atoms. The molecule has 0 saturated carbocycles. The number of hydrogen-bond donors (Lipinski definition) is 2. The monoisotopic (exact) mass is 257 g/mol. The minimum Gasteiger partial charge on any atom is -0.508 e. The van der Waals surface area contributed by atoms with Crippen molar-refractivity contribution in [3.63, 3.8) is 0 Å². The first kappa shape index (κ1) is 13.0. The van der Waals surface area contributed by atoms with Crippen molar-refractivity contribution in [1.82, 2.24) is 0 Å². The summed E-state index contributed by atoms with van der Waals surface area (Å²) >= 11 is 0. The van der Waals surface area contributed by atoms with Crippen LogP contribution >= 0.6 is 0 Å². The smallest absolute Gasteiger partial charge is 0.166 e. The minimum absolute atomic E-state index is 0.0611. The van der Waals surface area contributed by atoms with Crippen molar-refractivity contribution in [3.8, 4) is 17.2 Å². The van der Waals surface area contributed by atoms with E-state index in [-0.39, 0.29) is 11.5 Å². The minimum atomic E-state index is 0.0611. The second-order valence-corrected chi connectivity index (χ2v) is 4.00. The standard InChI is InChI=1S/C15H15NO3/c1-19-14-8-4-6-12(15(14)18)10-16-9-11-5-2-3-7-13(11)17/h2-8,10,17-18H,9H2,1H3. The van der Waals surface area contributed by atoms with Crippen LogP contribution in [0.4, 0.5) is 0 Å². The van der Waals surface area contributed by atoms with Crippen molar-refractivity contribution < 1.29 is 14.9 Å². The van der Waals surface area contributed by atoms with Gasteiger partial charge in [-0.2, -0.15) is 0 Å². The van der Waals surface area contributed by atoms with E-state index in [2.05, 4.69) is 4.99 Å². The predicted octanol–water partition coefficient (Wildman–Crippen LogP) is 2.73. The highest BCUT2D eigenvalue weighted by Gasteiger charge is 2.04. The van der Waals surface area contributed by atoms with Gasteiger partial charge in [0.15, 0.2) is 11.5 Å². The Bertz CT molecular complexity index is 594. The van der Waals surface area contributed by atoms with Crippen molar-refractivity contribution >= 4 is 6.21 Å². The zero-order chi connectivity index (χ0) is 13.7. The van der Waals surface area contributed by atoms with Crippen LogP contribution in [0, 0.1) is 0 Å². The number of phenols is 2. The van der Waals surface area contributed by atoms with Crippen molar-refractivity contribution in [2.45, 2.75) is 6.54 Å². The lowest BCUT2D eigenvalue weighted by molar-refractivity contribution is 0.373. The van der Waals surface area contributed by atoms with Gasteiger partial charge in [0.05, 0.1) is 13.7 Å². The first-order valence-corrected chi connectivity index (χ1v) is 5.85. The largest absolute Gasteiger partial charge is 0.508 e. The summed E-state index contributed by atoms with van der Waals surface area (Å²) in [6.45, 7) is 0.351. The molecule has 0 unspecified atom stereocenters. The topological polar surface area (TPSA) is 62.0 Å². The molecule has 2 aromatic rings. The maximum absolute atomic E-state index is 9.87. The number of methoxy groups -OCH3 is 1. The molecule has 0 atom stereocenters. The summed E-state index contributed by atoms with van der Waals surface area (Å²) in [5, 5.41) is 19.5. The third-order valence-corrected chi connectivity index (χ3v) is 2.73. The maximum Gasteiger partial charge on any atom is 0.166 e. The van der Waals surface area contributed by atoms with Crippen LogP contribution in [0.5, 0.6) is 17.2 Å². The summed E-state index contributed by atoms with van der Waals surface area (Å²) in [4.78, 5) is 4.21. The van der Waals surface area contributed by atoms with E-state index in [1.807, 2.05) is 6.07 Å². The van der Waals surface area contributed by atoms with E-state index in [1.165, 1.54) is 7.11 Å². The number of para-hydroxylation sites is 2. The summed E-state index contributed by atoms with van der Waals surface area (Å²) in [7, 11) is 1.50. The van der Waals surface area contributed by atoms with Crippen molar-refractivity contribution in [2.75, 3.05) is 7.11 Å². The molecule has 4 heteroatoms. The third-order valence-electron chi connectivity index (χ3n) is 2.73. The van der Waals surface area contributed by atoms with Crippen LogP contribution in [0.2, 0.25) is 0 Å². The summed E-state index contributed by atoms with van der Waals surface area (Å²) in [6, 6.07) is 12.2. The van der Waals surface area contributed by atoms with E-state index in [4.69, 9.17) is 4.74 Å². The molecule has 0 saturated heterocycles. The van der Waals surface area contributed by atoms with Gasteiger partial charge >= 0.3 is 0 Å². The highest BCUT2D eigenvalue weighted by Crippen LogP contribution is 2.28. The number of nitrogens with zero attached hydrogens (tertiary/aromatic N) is 1. The zero-order valence-electron chi connectivity index (χ0n) is 10.6. The van der Waals surface area contributed by atoms with Crippen LogP contribution in [0.3, 0.4) is 0 Å². The molecule has 0 aliphatic rings. The van der Waals surface area contributed by atoms with Gasteiger partial charge in [-0.25, -0.2) is 0 Å². The number of aliphatic imine (C=N–C) groups is 1. The lowest BCUT2D eigenvalue weighted by Crippen LogP contribution is -1.89. The first-order valence-electron chi connectivity index (χ1n) is 5.85. The number of aromatic hydroxyl groups is 2. The van der Waals surface area contributed by atoms with Gasteiger partial charge < -0.3 is 14.9 Å². The van der Waals surface area contributed by atoms with Crippen LogP contribution in [0.25, 0.3) is 0 Å². The van der Waals surface area contributed by atoms with Gasteiger partial charge in [-0.1, -0.05) is 24.3 Å². The number of phenolic OH excluding ortho intramolecular Hbond substituents is 2. The Morgan fingerprint density at radius 3 is 2.63 bits per heavy atom. The number of ether oxygens (including phenoxy) is 1. The van der Waals surface area contributed by atoms with E-state index < -0.39 is 0 Å².